The van der Waals surface area contributed by atoms with Gasteiger partial charge in [-0.2, -0.15) is 0 Å². The molecule has 2 aliphatic heterocycles. The Labute approximate surface area is 227 Å². The van der Waals surface area contributed by atoms with E-state index in [0.29, 0.717) is 0 Å². The summed E-state index contributed by atoms with van der Waals surface area (Å²) in [4.78, 5) is 0. The predicted octanol–water partition coefficient (Wildman–Crippen LogP) is 7.40. The second kappa shape index (κ2) is 7.75. The molecule has 2 nitrogen and oxygen atoms in total. The van der Waals surface area contributed by atoms with Crippen LogP contribution >= 0.6 is 0 Å². The quantitative estimate of drug-likeness (QED) is 0.204. The number of hydrogen-bond donors (Lipinski definition) is 0. The van der Waals surface area contributed by atoms with Crippen LogP contribution in [0.1, 0.15) is 0 Å². The average molecular weight is 496 g/mol. The van der Waals surface area contributed by atoms with Gasteiger partial charge < -0.3 is 9.47 Å². The lowest BCUT2D eigenvalue weighted by molar-refractivity contribution is 0.464. The van der Waals surface area contributed by atoms with Crippen LogP contribution in [-0.4, -0.2) is 6.71 Å². The van der Waals surface area contributed by atoms with Gasteiger partial charge in [0, 0.05) is 5.46 Å². The molecular formula is C36H21BO2. The fraction of sp³-hybridized carbons (Fsp3) is 0. The number of ether oxygens (including phenoxy) is 2. The normalized spacial score (nSPS) is 13.0. The van der Waals surface area contributed by atoms with Crippen molar-refractivity contribution in [2.45, 2.75) is 0 Å². The minimum Gasteiger partial charge on any atom is -0.458 e. The maximum atomic E-state index is 6.67. The van der Waals surface area contributed by atoms with Crippen LogP contribution in [0.4, 0.5) is 0 Å². The van der Waals surface area contributed by atoms with Gasteiger partial charge in [-0.3, -0.25) is 0 Å². The summed E-state index contributed by atoms with van der Waals surface area (Å²) in [5, 5.41) is 0. The van der Waals surface area contributed by atoms with Crippen molar-refractivity contribution in [2.24, 2.45) is 0 Å². The van der Waals surface area contributed by atoms with Crippen molar-refractivity contribution in [1.29, 1.82) is 0 Å². The van der Waals surface area contributed by atoms with Gasteiger partial charge in [0.1, 0.15) is 23.0 Å². The first-order valence-corrected chi connectivity index (χ1v) is 13.4. The third-order valence-corrected chi connectivity index (χ3v) is 8.40. The summed E-state index contributed by atoms with van der Waals surface area (Å²) in [5.41, 5.74) is 13.4. The van der Waals surface area contributed by atoms with E-state index in [0.717, 1.165) is 28.5 Å². The molecule has 6 aromatic carbocycles. The summed E-state index contributed by atoms with van der Waals surface area (Å²) >= 11 is 0. The van der Waals surface area contributed by atoms with E-state index in [1.807, 2.05) is 12.1 Å². The highest BCUT2D eigenvalue weighted by Gasteiger charge is 2.42. The van der Waals surface area contributed by atoms with Crippen molar-refractivity contribution in [3.8, 4) is 67.5 Å². The Morgan fingerprint density at radius 1 is 0.333 bits per heavy atom. The SMILES string of the molecule is c1ccc2c(c1)Oc1cccc3c1B2c1c(ccc2c1-c1ccccc1-c1ccccc1-c1ccccc1-2)O3. The number of hydrogen-bond acceptors (Lipinski definition) is 2. The maximum Gasteiger partial charge on any atom is 0.261 e. The van der Waals surface area contributed by atoms with Crippen molar-refractivity contribution in [3.63, 3.8) is 0 Å². The van der Waals surface area contributed by atoms with Gasteiger partial charge in [-0.1, -0.05) is 103 Å². The number of para-hydroxylation sites is 1. The van der Waals surface area contributed by atoms with Gasteiger partial charge in [-0.05, 0) is 79.7 Å². The van der Waals surface area contributed by atoms with Crippen molar-refractivity contribution in [3.05, 3.63) is 127 Å². The van der Waals surface area contributed by atoms with Crippen LogP contribution in [0.25, 0.3) is 44.5 Å². The van der Waals surface area contributed by atoms with Crippen molar-refractivity contribution < 1.29 is 9.47 Å². The Kier molecular flexibility index (Phi) is 4.17. The Bertz CT molecular complexity index is 1970. The standard InChI is InChI=1S/C36H21BO2/c1-2-11-23-22(10-1)24-12-3-4-14-26(24)28-20-21-33-36(34(28)27-15-6-5-13-25(23)27)37-29-16-7-8-17-30(29)38-31-18-9-19-32(39-33)35(31)37/h1-21H. The second-order valence-corrected chi connectivity index (χ2v) is 10.4. The first-order chi connectivity index (χ1) is 19.4. The number of fused-ring (bicyclic) bond motifs is 13. The minimum absolute atomic E-state index is 0.00487. The first-order valence-electron chi connectivity index (χ1n) is 13.4. The van der Waals surface area contributed by atoms with Gasteiger partial charge in [0.05, 0.1) is 0 Å². The predicted molar refractivity (Wildman–Crippen MR) is 159 cm³/mol. The summed E-state index contributed by atoms with van der Waals surface area (Å²) < 4.78 is 13.1. The smallest absolute Gasteiger partial charge is 0.261 e. The van der Waals surface area contributed by atoms with Gasteiger partial charge in [-0.15, -0.1) is 0 Å². The molecule has 6 aromatic rings. The van der Waals surface area contributed by atoms with E-state index in [-0.39, 0.29) is 6.71 Å². The lowest BCUT2D eigenvalue weighted by atomic mass is 9.34. The molecular weight excluding hydrogens is 475 g/mol. The van der Waals surface area contributed by atoms with Crippen molar-refractivity contribution in [2.75, 3.05) is 0 Å². The molecule has 0 aromatic heterocycles. The highest BCUT2D eigenvalue weighted by molar-refractivity contribution is 6.99. The number of rotatable bonds is 0. The molecule has 0 bridgehead atoms. The zero-order valence-corrected chi connectivity index (χ0v) is 21.0. The topological polar surface area (TPSA) is 18.5 Å². The second-order valence-electron chi connectivity index (χ2n) is 10.4. The maximum absolute atomic E-state index is 6.67. The third-order valence-electron chi connectivity index (χ3n) is 8.40. The molecule has 180 valence electrons. The van der Waals surface area contributed by atoms with E-state index in [4.69, 9.17) is 9.47 Å². The minimum atomic E-state index is -0.00487. The monoisotopic (exact) mass is 496 g/mol. The fourth-order valence-corrected chi connectivity index (χ4v) is 6.82. The molecule has 0 spiro atoms. The molecule has 3 heteroatoms. The lowest BCUT2D eigenvalue weighted by Crippen LogP contribution is -2.58. The van der Waals surface area contributed by atoms with E-state index in [2.05, 4.69) is 115 Å². The van der Waals surface area contributed by atoms with Crippen LogP contribution in [0, 0.1) is 0 Å². The summed E-state index contributed by atoms with van der Waals surface area (Å²) in [6.45, 7) is -0.00487. The van der Waals surface area contributed by atoms with Gasteiger partial charge in [0.2, 0.25) is 0 Å². The van der Waals surface area contributed by atoms with E-state index >= 15 is 0 Å². The Hall–Kier alpha value is -5.02. The van der Waals surface area contributed by atoms with Gasteiger partial charge in [-0.25, -0.2) is 0 Å². The van der Waals surface area contributed by atoms with E-state index in [1.165, 1.54) is 55.4 Å². The highest BCUT2D eigenvalue weighted by atomic mass is 16.5. The molecule has 0 saturated carbocycles. The largest absolute Gasteiger partial charge is 0.458 e. The van der Waals surface area contributed by atoms with Crippen LogP contribution < -0.4 is 25.9 Å². The van der Waals surface area contributed by atoms with Crippen LogP contribution in [0.15, 0.2) is 127 Å². The average Bonchev–Trinajstić information content (AvgIpc) is 3.00. The highest BCUT2D eigenvalue weighted by Crippen LogP contribution is 2.49. The lowest BCUT2D eigenvalue weighted by Gasteiger charge is -2.35. The van der Waals surface area contributed by atoms with Crippen LogP contribution in [0.3, 0.4) is 0 Å². The van der Waals surface area contributed by atoms with Gasteiger partial charge in [0.25, 0.3) is 6.71 Å². The molecule has 0 unspecified atom stereocenters. The van der Waals surface area contributed by atoms with Crippen molar-refractivity contribution in [1.82, 2.24) is 0 Å². The zero-order chi connectivity index (χ0) is 25.5. The molecule has 39 heavy (non-hydrogen) atoms. The summed E-state index contributed by atoms with van der Waals surface area (Å²) in [5.74, 6) is 3.54. The summed E-state index contributed by atoms with van der Waals surface area (Å²) in [7, 11) is 0. The molecule has 0 fully saturated rings. The van der Waals surface area contributed by atoms with E-state index in [1.54, 1.807) is 0 Å². The third kappa shape index (κ3) is 2.82. The van der Waals surface area contributed by atoms with Crippen LogP contribution in [-0.2, 0) is 0 Å². The molecule has 0 radical (unpaired) electrons. The molecule has 0 atom stereocenters. The molecule has 3 aliphatic rings. The first kappa shape index (κ1) is 21.0. The van der Waals surface area contributed by atoms with E-state index in [9.17, 15) is 0 Å². The molecule has 0 N–H and O–H groups in total. The Morgan fingerprint density at radius 2 is 0.795 bits per heavy atom. The van der Waals surface area contributed by atoms with E-state index < -0.39 is 0 Å². The van der Waals surface area contributed by atoms with Gasteiger partial charge in [0.15, 0.2) is 0 Å². The summed E-state index contributed by atoms with van der Waals surface area (Å²) in [6, 6.07) is 45.4. The zero-order valence-electron chi connectivity index (χ0n) is 21.0. The van der Waals surface area contributed by atoms with Crippen LogP contribution in [0.5, 0.6) is 23.0 Å². The molecule has 0 saturated heterocycles. The molecule has 0 amide bonds. The van der Waals surface area contributed by atoms with Crippen molar-refractivity contribution >= 4 is 23.1 Å². The Morgan fingerprint density at radius 3 is 1.46 bits per heavy atom. The van der Waals surface area contributed by atoms with Gasteiger partial charge >= 0.3 is 0 Å². The Balaban J connectivity index is 1.46. The molecule has 2 heterocycles. The summed E-state index contributed by atoms with van der Waals surface area (Å²) in [6.07, 6.45) is 0. The number of benzene rings is 6. The molecule has 1 aliphatic carbocycles. The van der Waals surface area contributed by atoms with Crippen LogP contribution in [0.2, 0.25) is 0 Å². The fourth-order valence-electron chi connectivity index (χ4n) is 6.82. The molecule has 9 rings (SSSR count).